The molecule has 4 rings (SSSR count). The Labute approximate surface area is 210 Å². The van der Waals surface area contributed by atoms with Gasteiger partial charge in [-0.3, -0.25) is 0 Å². The Balaban J connectivity index is 2.04. The molecule has 0 N–H and O–H groups in total. The second-order valence-corrected chi connectivity index (χ2v) is 16.0. The zero-order valence-corrected chi connectivity index (χ0v) is 22.0. The van der Waals surface area contributed by atoms with Crippen LogP contribution in [-0.2, 0) is 4.52 Å². The summed E-state index contributed by atoms with van der Waals surface area (Å²) in [4.78, 5) is 5.00. The third-order valence-electron chi connectivity index (χ3n) is 5.93. The van der Waals surface area contributed by atoms with Crippen LogP contribution in [0, 0.1) is 12.8 Å². The zero-order chi connectivity index (χ0) is 24.0. The minimum absolute atomic E-state index is 0.100. The molecule has 0 spiro atoms. The van der Waals surface area contributed by atoms with Gasteiger partial charge in [0.15, 0.2) is 0 Å². The molecule has 0 saturated heterocycles. The van der Waals surface area contributed by atoms with Gasteiger partial charge in [-0.1, -0.05) is 0 Å². The Hall–Kier alpha value is -3.00. The van der Waals surface area contributed by atoms with E-state index in [2.05, 4.69) is 121 Å². The summed E-state index contributed by atoms with van der Waals surface area (Å²) >= 11 is 4.33. The zero-order valence-electron chi connectivity index (χ0n) is 19.5. The molecule has 0 fully saturated rings. The second-order valence-electron chi connectivity index (χ2n) is 8.34. The van der Waals surface area contributed by atoms with E-state index in [-0.39, 0.29) is 5.92 Å². The van der Waals surface area contributed by atoms with Crippen molar-refractivity contribution in [2.45, 2.75) is 13.8 Å². The van der Waals surface area contributed by atoms with Gasteiger partial charge in [-0.2, -0.15) is 0 Å². The number of hydrogen-bond donors (Lipinski definition) is 0. The molecule has 1 atom stereocenters. The molecule has 4 aromatic carbocycles. The Morgan fingerprint density at radius 2 is 1.18 bits per heavy atom. The first-order valence-electron chi connectivity index (χ1n) is 11.3. The van der Waals surface area contributed by atoms with Crippen molar-refractivity contribution in [1.82, 2.24) is 0 Å². The van der Waals surface area contributed by atoms with Crippen molar-refractivity contribution >= 4 is 48.5 Å². The molecule has 2 nitrogen and oxygen atoms in total. The molecule has 0 saturated carbocycles. The normalized spacial score (nSPS) is 14.0. The van der Waals surface area contributed by atoms with Crippen LogP contribution in [0.2, 0.25) is 0 Å². The average Bonchev–Trinajstić information content (AvgIpc) is 2.90. The van der Waals surface area contributed by atoms with E-state index in [9.17, 15) is 0 Å². The predicted octanol–water partition coefficient (Wildman–Crippen LogP) is 7.62. The number of aryl methyl sites for hydroxylation is 1. The van der Waals surface area contributed by atoms with Crippen LogP contribution in [0.3, 0.4) is 0 Å². The van der Waals surface area contributed by atoms with Gasteiger partial charge in [0.05, 0.1) is 0 Å². The van der Waals surface area contributed by atoms with Crippen molar-refractivity contribution in [3.63, 3.8) is 0 Å². The number of halogens is 1. The number of rotatable bonds is 7. The molecule has 0 amide bonds. The molecule has 0 heterocycles. The van der Waals surface area contributed by atoms with Crippen molar-refractivity contribution in [3.8, 4) is 0 Å². The van der Waals surface area contributed by atoms with E-state index in [1.165, 1.54) is 5.56 Å². The maximum absolute atomic E-state index is 7.30. The standard InChI is InChI=1S/C30H29BrNOP/c1-4-25(3)30(32-26-22-20-24(2)21-23-26)33-34(31,27-14-8-5-9-15-27,28-16-10-6-11-17-28)29-18-12-7-13-19-29/h4-23,25H,1H2,2-3H3. The summed E-state index contributed by atoms with van der Waals surface area (Å²) in [6.45, 7) is 8.18. The third kappa shape index (κ3) is 4.51. The number of hydrogen-bond acceptors (Lipinski definition) is 2. The Morgan fingerprint density at radius 3 is 1.56 bits per heavy atom. The SMILES string of the molecule is C=CC(C)C(=Nc1ccc(C)cc1)OP(Br)(c1ccccc1)(c1ccccc1)c1ccccc1. The molecule has 172 valence electrons. The van der Waals surface area contributed by atoms with E-state index in [1.54, 1.807) is 0 Å². The van der Waals surface area contributed by atoms with Gasteiger partial charge >= 0.3 is 211 Å². The third-order valence-corrected chi connectivity index (χ3v) is 14.2. The van der Waals surface area contributed by atoms with Gasteiger partial charge in [-0.05, 0) is 0 Å². The topological polar surface area (TPSA) is 21.6 Å². The van der Waals surface area contributed by atoms with Crippen LogP contribution >= 0.6 is 21.0 Å². The van der Waals surface area contributed by atoms with E-state index in [1.807, 2.05) is 36.4 Å². The summed E-state index contributed by atoms with van der Waals surface area (Å²) in [6.07, 6.45) is 1.88. The summed E-state index contributed by atoms with van der Waals surface area (Å²) in [6, 6.07) is 39.4. The van der Waals surface area contributed by atoms with Crippen LogP contribution in [0.5, 0.6) is 0 Å². The van der Waals surface area contributed by atoms with Crippen molar-refractivity contribution in [3.05, 3.63) is 133 Å². The number of benzene rings is 4. The molecule has 0 aliphatic heterocycles. The van der Waals surface area contributed by atoms with Gasteiger partial charge in [0, 0.05) is 0 Å². The fourth-order valence-electron chi connectivity index (χ4n) is 3.92. The van der Waals surface area contributed by atoms with Gasteiger partial charge in [-0.25, -0.2) is 0 Å². The van der Waals surface area contributed by atoms with Gasteiger partial charge < -0.3 is 0 Å². The summed E-state index contributed by atoms with van der Waals surface area (Å²) in [5.41, 5.74) is -1.58. The summed E-state index contributed by atoms with van der Waals surface area (Å²) in [5.74, 6) is 0.515. The molecular weight excluding hydrogens is 501 g/mol. The average molecular weight is 530 g/mol. The Kier molecular flexibility index (Phi) is 7.16. The van der Waals surface area contributed by atoms with Crippen molar-refractivity contribution in [1.29, 1.82) is 0 Å². The van der Waals surface area contributed by atoms with Gasteiger partial charge in [0.25, 0.3) is 0 Å². The van der Waals surface area contributed by atoms with Gasteiger partial charge in [0.2, 0.25) is 0 Å². The van der Waals surface area contributed by atoms with E-state index in [4.69, 9.17) is 9.52 Å². The maximum atomic E-state index is 7.30. The number of aliphatic imine (C=N–C) groups is 1. The summed E-state index contributed by atoms with van der Waals surface area (Å²) in [5, 5.41) is 3.20. The fourth-order valence-corrected chi connectivity index (χ4v) is 10.4. The molecule has 34 heavy (non-hydrogen) atoms. The van der Waals surface area contributed by atoms with Crippen LogP contribution in [0.15, 0.2) is 133 Å². The molecule has 0 radical (unpaired) electrons. The van der Waals surface area contributed by atoms with Crippen molar-refractivity contribution < 1.29 is 4.52 Å². The monoisotopic (exact) mass is 529 g/mol. The molecule has 4 heteroatoms. The van der Waals surface area contributed by atoms with E-state index in [0.29, 0.717) is 5.90 Å². The predicted molar refractivity (Wildman–Crippen MR) is 153 cm³/mol. The quantitative estimate of drug-likeness (QED) is 0.104. The first kappa shape index (κ1) is 24.1. The van der Waals surface area contributed by atoms with E-state index in [0.717, 1.165) is 21.6 Å². The molecule has 0 aliphatic rings. The molecule has 0 aromatic heterocycles. The van der Waals surface area contributed by atoms with Crippen molar-refractivity contribution in [2.75, 3.05) is 0 Å². The van der Waals surface area contributed by atoms with Gasteiger partial charge in [-0.15, -0.1) is 0 Å². The molecule has 0 aliphatic carbocycles. The van der Waals surface area contributed by atoms with Gasteiger partial charge in [0.1, 0.15) is 0 Å². The van der Waals surface area contributed by atoms with Crippen LogP contribution < -0.4 is 15.9 Å². The van der Waals surface area contributed by atoms with Crippen LogP contribution in [0.4, 0.5) is 5.69 Å². The van der Waals surface area contributed by atoms with E-state index < -0.39 is 5.53 Å². The first-order valence-corrected chi connectivity index (χ1v) is 15.5. The first-order chi connectivity index (χ1) is 16.4. The number of nitrogens with zero attached hydrogens (tertiary/aromatic N) is 1. The van der Waals surface area contributed by atoms with Crippen molar-refractivity contribution in [2.24, 2.45) is 10.9 Å². The van der Waals surface area contributed by atoms with Crippen LogP contribution in [0.25, 0.3) is 0 Å². The molecule has 1 unspecified atom stereocenters. The minimum atomic E-state index is -3.62. The Bertz CT molecular complexity index is 1170. The van der Waals surface area contributed by atoms with Crippen LogP contribution in [-0.4, -0.2) is 5.90 Å². The molecule has 0 bridgehead atoms. The molecular formula is C30H29BrNOP. The van der Waals surface area contributed by atoms with Crippen LogP contribution in [0.1, 0.15) is 12.5 Å². The summed E-state index contributed by atoms with van der Waals surface area (Å²) in [7, 11) is 0. The second kappa shape index (κ2) is 10.1. The molecule has 4 aromatic rings. The van der Waals surface area contributed by atoms with E-state index >= 15 is 0 Å². The Morgan fingerprint density at radius 1 is 0.765 bits per heavy atom. The fraction of sp³-hybridized carbons (Fsp3) is 0.100. The summed E-state index contributed by atoms with van der Waals surface area (Å²) < 4.78 is 7.30.